The van der Waals surface area contributed by atoms with Crippen molar-refractivity contribution in [2.75, 3.05) is 18.8 Å². The number of carbonyl (C=O) groups is 1. The molecule has 0 N–H and O–H groups in total. The summed E-state index contributed by atoms with van der Waals surface area (Å²) in [6, 6.07) is 17.4. The Labute approximate surface area is 162 Å². The molecule has 138 valence electrons. The van der Waals surface area contributed by atoms with Crippen LogP contribution in [-0.2, 0) is 0 Å². The first-order valence-electron chi connectivity index (χ1n) is 9.15. The number of carbonyl (C=O) groups excluding carboxylic acids is 1. The molecule has 6 heteroatoms. The summed E-state index contributed by atoms with van der Waals surface area (Å²) in [6.45, 7) is 1.53. The topological polar surface area (TPSA) is 59.2 Å². The highest BCUT2D eigenvalue weighted by Crippen LogP contribution is 2.26. The van der Waals surface area contributed by atoms with E-state index < -0.39 is 0 Å². The van der Waals surface area contributed by atoms with Gasteiger partial charge < -0.3 is 9.42 Å². The highest BCUT2D eigenvalue weighted by molar-refractivity contribution is 7.99. The number of aromatic nitrogens is 2. The predicted octanol–water partition coefficient (Wildman–Crippen LogP) is 4.38. The van der Waals surface area contributed by atoms with Crippen molar-refractivity contribution in [1.82, 2.24) is 15.0 Å². The number of pyridine rings is 1. The van der Waals surface area contributed by atoms with Gasteiger partial charge >= 0.3 is 0 Å². The molecule has 0 atom stereocenters. The van der Waals surface area contributed by atoms with E-state index in [1.165, 1.54) is 0 Å². The molecule has 0 bridgehead atoms. The molecule has 0 spiro atoms. The van der Waals surface area contributed by atoms with E-state index in [-0.39, 0.29) is 5.91 Å². The van der Waals surface area contributed by atoms with Crippen LogP contribution in [0.5, 0.6) is 0 Å². The average Bonchev–Trinajstić information content (AvgIpc) is 3.24. The SMILES string of the molecule is O=C(c1cc(-c2ccccc2)on1)N1CCC(CSc2ccccn2)CC1. The fourth-order valence-electron chi connectivity index (χ4n) is 3.21. The Morgan fingerprint density at radius 3 is 2.63 bits per heavy atom. The van der Waals surface area contributed by atoms with Crippen molar-refractivity contribution in [3.05, 3.63) is 66.5 Å². The molecule has 0 saturated carbocycles. The highest BCUT2D eigenvalue weighted by Gasteiger charge is 2.26. The first kappa shape index (κ1) is 17.8. The number of amides is 1. The number of thioether (sulfide) groups is 1. The summed E-state index contributed by atoms with van der Waals surface area (Å²) in [5.41, 5.74) is 1.31. The lowest BCUT2D eigenvalue weighted by atomic mass is 9.99. The van der Waals surface area contributed by atoms with Crippen LogP contribution in [0.3, 0.4) is 0 Å². The van der Waals surface area contributed by atoms with Gasteiger partial charge in [-0.1, -0.05) is 41.6 Å². The van der Waals surface area contributed by atoms with Crippen LogP contribution >= 0.6 is 11.8 Å². The fraction of sp³-hybridized carbons (Fsp3) is 0.286. The van der Waals surface area contributed by atoms with Crippen LogP contribution < -0.4 is 0 Å². The lowest BCUT2D eigenvalue weighted by Crippen LogP contribution is -2.39. The predicted molar refractivity (Wildman–Crippen MR) is 106 cm³/mol. The minimum absolute atomic E-state index is 0.0447. The molecular weight excluding hydrogens is 358 g/mol. The summed E-state index contributed by atoms with van der Waals surface area (Å²) < 4.78 is 5.36. The summed E-state index contributed by atoms with van der Waals surface area (Å²) in [4.78, 5) is 19.0. The van der Waals surface area contributed by atoms with Gasteiger partial charge in [0.1, 0.15) is 0 Å². The molecule has 1 fully saturated rings. The van der Waals surface area contributed by atoms with Crippen molar-refractivity contribution in [2.24, 2.45) is 5.92 Å². The molecule has 1 aliphatic rings. The fourth-order valence-corrected chi connectivity index (χ4v) is 4.26. The highest BCUT2D eigenvalue weighted by atomic mass is 32.2. The largest absolute Gasteiger partial charge is 0.355 e. The molecule has 0 aliphatic carbocycles. The van der Waals surface area contributed by atoms with Gasteiger partial charge in [-0.3, -0.25) is 4.79 Å². The molecule has 0 radical (unpaired) electrons. The number of nitrogens with zero attached hydrogens (tertiary/aromatic N) is 3. The van der Waals surface area contributed by atoms with Crippen LogP contribution in [0.4, 0.5) is 0 Å². The van der Waals surface area contributed by atoms with E-state index in [1.807, 2.05) is 59.6 Å². The van der Waals surface area contributed by atoms with Crippen molar-refractivity contribution >= 4 is 17.7 Å². The smallest absolute Gasteiger partial charge is 0.276 e. The Bertz CT molecular complexity index is 875. The molecule has 3 aromatic rings. The molecular formula is C21H21N3O2S. The zero-order valence-electron chi connectivity index (χ0n) is 15.0. The third-order valence-corrected chi connectivity index (χ3v) is 5.97. The maximum atomic E-state index is 12.7. The van der Waals surface area contributed by atoms with Crippen molar-refractivity contribution in [3.8, 4) is 11.3 Å². The summed E-state index contributed by atoms with van der Waals surface area (Å²) in [6.07, 6.45) is 3.84. The van der Waals surface area contributed by atoms with Gasteiger partial charge in [0.05, 0.1) is 5.03 Å². The van der Waals surface area contributed by atoms with Crippen LogP contribution in [0.2, 0.25) is 0 Å². The van der Waals surface area contributed by atoms with E-state index in [1.54, 1.807) is 17.8 Å². The molecule has 3 heterocycles. The van der Waals surface area contributed by atoms with Gasteiger partial charge in [-0.15, -0.1) is 11.8 Å². The minimum atomic E-state index is -0.0447. The minimum Gasteiger partial charge on any atom is -0.355 e. The molecule has 5 nitrogen and oxygen atoms in total. The number of likely N-dealkylation sites (tertiary alicyclic amines) is 1. The zero-order valence-corrected chi connectivity index (χ0v) is 15.8. The van der Waals surface area contributed by atoms with E-state index >= 15 is 0 Å². The van der Waals surface area contributed by atoms with E-state index in [0.29, 0.717) is 17.4 Å². The van der Waals surface area contributed by atoms with Gasteiger partial charge in [-0.25, -0.2) is 4.98 Å². The van der Waals surface area contributed by atoms with E-state index in [4.69, 9.17) is 4.52 Å². The Hall–Kier alpha value is -2.60. The Morgan fingerprint density at radius 2 is 1.89 bits per heavy atom. The summed E-state index contributed by atoms with van der Waals surface area (Å²) in [7, 11) is 0. The second kappa shape index (κ2) is 8.39. The van der Waals surface area contributed by atoms with Crippen LogP contribution in [0.1, 0.15) is 23.3 Å². The third-order valence-electron chi connectivity index (χ3n) is 4.79. The van der Waals surface area contributed by atoms with Gasteiger partial charge in [0, 0.05) is 36.7 Å². The Morgan fingerprint density at radius 1 is 1.11 bits per heavy atom. The van der Waals surface area contributed by atoms with Gasteiger partial charge in [-0.05, 0) is 30.9 Å². The summed E-state index contributed by atoms with van der Waals surface area (Å²) >= 11 is 1.79. The molecule has 1 aliphatic heterocycles. The second-order valence-electron chi connectivity index (χ2n) is 6.66. The molecule has 1 amide bonds. The van der Waals surface area contributed by atoms with Crippen LogP contribution in [-0.4, -0.2) is 39.8 Å². The average molecular weight is 379 g/mol. The lowest BCUT2D eigenvalue weighted by molar-refractivity contribution is 0.0688. The first-order valence-corrected chi connectivity index (χ1v) is 10.1. The van der Waals surface area contributed by atoms with Crippen molar-refractivity contribution in [1.29, 1.82) is 0 Å². The molecule has 27 heavy (non-hydrogen) atoms. The van der Waals surface area contributed by atoms with Crippen molar-refractivity contribution in [3.63, 3.8) is 0 Å². The number of benzene rings is 1. The first-order chi connectivity index (χ1) is 13.3. The number of rotatable bonds is 5. The Balaban J connectivity index is 1.30. The van der Waals surface area contributed by atoms with Crippen molar-refractivity contribution in [2.45, 2.75) is 17.9 Å². The lowest BCUT2D eigenvalue weighted by Gasteiger charge is -2.31. The normalized spacial score (nSPS) is 15.0. The Kier molecular flexibility index (Phi) is 5.53. The van der Waals surface area contributed by atoms with E-state index in [0.717, 1.165) is 42.3 Å². The molecule has 1 saturated heterocycles. The van der Waals surface area contributed by atoms with E-state index in [9.17, 15) is 4.79 Å². The molecule has 2 aromatic heterocycles. The van der Waals surface area contributed by atoms with Gasteiger partial charge in [0.2, 0.25) is 0 Å². The maximum Gasteiger partial charge on any atom is 0.276 e. The molecule has 1 aromatic carbocycles. The molecule has 0 unspecified atom stereocenters. The van der Waals surface area contributed by atoms with Crippen LogP contribution in [0.15, 0.2) is 70.3 Å². The molecule has 4 rings (SSSR count). The monoisotopic (exact) mass is 379 g/mol. The summed E-state index contributed by atoms with van der Waals surface area (Å²) in [5.74, 6) is 2.23. The van der Waals surface area contributed by atoms with Gasteiger partial charge in [0.15, 0.2) is 11.5 Å². The number of hydrogen-bond donors (Lipinski definition) is 0. The third kappa shape index (κ3) is 4.39. The standard InChI is InChI=1S/C21H21N3O2S/c25-21(18-14-19(26-23-18)17-6-2-1-3-7-17)24-12-9-16(10-13-24)15-27-20-8-4-5-11-22-20/h1-8,11,14,16H,9-10,12-13,15H2. The number of hydrogen-bond acceptors (Lipinski definition) is 5. The van der Waals surface area contributed by atoms with Gasteiger partial charge in [-0.2, -0.15) is 0 Å². The quantitative estimate of drug-likeness (QED) is 0.616. The van der Waals surface area contributed by atoms with Crippen molar-refractivity contribution < 1.29 is 9.32 Å². The van der Waals surface area contributed by atoms with Gasteiger partial charge in [0.25, 0.3) is 5.91 Å². The summed E-state index contributed by atoms with van der Waals surface area (Å²) in [5, 5.41) is 5.05. The van der Waals surface area contributed by atoms with E-state index in [2.05, 4.69) is 10.1 Å². The van der Waals surface area contributed by atoms with Crippen LogP contribution in [0.25, 0.3) is 11.3 Å². The second-order valence-corrected chi connectivity index (χ2v) is 7.70. The maximum absolute atomic E-state index is 12.7. The zero-order chi connectivity index (χ0) is 18.5. The van der Waals surface area contributed by atoms with Crippen LogP contribution in [0, 0.1) is 5.92 Å². The number of piperidine rings is 1.